The van der Waals surface area contributed by atoms with Gasteiger partial charge in [0, 0.05) is 50.7 Å². The molecule has 1 unspecified atom stereocenters. The number of imidazole rings is 1. The number of nitrogens with zero attached hydrogens (tertiary/aromatic N) is 4. The molecule has 27 heavy (non-hydrogen) atoms. The van der Waals surface area contributed by atoms with Crippen LogP contribution in [0.15, 0.2) is 43.2 Å². The van der Waals surface area contributed by atoms with E-state index in [2.05, 4.69) is 9.97 Å². The summed E-state index contributed by atoms with van der Waals surface area (Å²) in [5.74, 6) is 0.0464. The van der Waals surface area contributed by atoms with Crippen molar-refractivity contribution in [3.05, 3.63) is 48.8 Å². The number of hydrogen-bond acceptors (Lipinski definition) is 5. The van der Waals surface area contributed by atoms with Gasteiger partial charge < -0.3 is 14.2 Å². The molecule has 0 N–H and O–H groups in total. The molecule has 7 nitrogen and oxygen atoms in total. The number of aryl methyl sites for hydroxylation is 1. The minimum atomic E-state index is -0.425. The number of carbonyl (C=O) groups excluding carboxylic acids is 2. The number of esters is 1. The van der Waals surface area contributed by atoms with E-state index in [-0.39, 0.29) is 18.0 Å². The van der Waals surface area contributed by atoms with Crippen LogP contribution >= 0.6 is 0 Å². The zero-order chi connectivity index (χ0) is 18.7. The highest BCUT2D eigenvalue weighted by atomic mass is 16.6. The van der Waals surface area contributed by atoms with Crippen LogP contribution in [0.25, 0.3) is 0 Å². The maximum atomic E-state index is 12.5. The van der Waals surface area contributed by atoms with E-state index in [0.717, 1.165) is 12.0 Å². The molecule has 0 aromatic carbocycles. The number of ether oxygens (including phenoxy) is 1. The van der Waals surface area contributed by atoms with E-state index < -0.39 is 5.41 Å². The van der Waals surface area contributed by atoms with Crippen molar-refractivity contribution in [1.82, 2.24) is 19.4 Å². The number of carbonyl (C=O) groups is 2. The molecule has 1 atom stereocenters. The first-order valence-electron chi connectivity index (χ1n) is 9.48. The van der Waals surface area contributed by atoms with Gasteiger partial charge in [-0.05, 0) is 30.9 Å². The summed E-state index contributed by atoms with van der Waals surface area (Å²) in [5.41, 5.74) is 0.645. The Morgan fingerprint density at radius 1 is 1.26 bits per heavy atom. The molecule has 1 spiro atoms. The van der Waals surface area contributed by atoms with Crippen molar-refractivity contribution in [3.8, 4) is 0 Å². The summed E-state index contributed by atoms with van der Waals surface area (Å²) >= 11 is 0. The third-order valence-corrected chi connectivity index (χ3v) is 5.72. The summed E-state index contributed by atoms with van der Waals surface area (Å²) in [6, 6.07) is 3.87. The van der Waals surface area contributed by atoms with E-state index >= 15 is 0 Å². The SMILES string of the molecule is O=C(CCc1cccnc1)N1CCC2(CC1)CC(Cn1ccnc1)OC2=O. The quantitative estimate of drug-likeness (QED) is 0.753. The van der Waals surface area contributed by atoms with Crippen molar-refractivity contribution in [2.24, 2.45) is 5.41 Å². The van der Waals surface area contributed by atoms with Gasteiger partial charge in [0.25, 0.3) is 0 Å². The van der Waals surface area contributed by atoms with Crippen LogP contribution in [-0.4, -0.2) is 50.5 Å². The number of piperidine rings is 1. The molecule has 0 bridgehead atoms. The minimum Gasteiger partial charge on any atom is -0.460 e. The first-order chi connectivity index (χ1) is 13.1. The Hall–Kier alpha value is -2.70. The molecule has 2 saturated heterocycles. The third-order valence-electron chi connectivity index (χ3n) is 5.72. The third kappa shape index (κ3) is 3.86. The second-order valence-electron chi connectivity index (χ2n) is 7.51. The molecule has 0 aliphatic carbocycles. The van der Waals surface area contributed by atoms with E-state index in [1.165, 1.54) is 0 Å². The molecule has 7 heteroatoms. The number of cyclic esters (lactones) is 1. The molecule has 2 aliphatic rings. The van der Waals surface area contributed by atoms with Crippen molar-refractivity contribution in [3.63, 3.8) is 0 Å². The van der Waals surface area contributed by atoms with Gasteiger partial charge in [0.15, 0.2) is 0 Å². The Morgan fingerprint density at radius 3 is 2.81 bits per heavy atom. The molecule has 2 fully saturated rings. The largest absolute Gasteiger partial charge is 0.460 e. The Balaban J connectivity index is 1.29. The van der Waals surface area contributed by atoms with Crippen molar-refractivity contribution in [2.75, 3.05) is 13.1 Å². The molecule has 2 aliphatic heterocycles. The fourth-order valence-corrected chi connectivity index (χ4v) is 4.12. The lowest BCUT2D eigenvalue weighted by molar-refractivity contribution is -0.152. The van der Waals surface area contributed by atoms with Gasteiger partial charge in [-0.15, -0.1) is 0 Å². The Morgan fingerprint density at radius 2 is 2.11 bits per heavy atom. The van der Waals surface area contributed by atoms with E-state index in [1.807, 2.05) is 27.8 Å². The Kier molecular flexibility index (Phi) is 4.92. The van der Waals surface area contributed by atoms with E-state index in [0.29, 0.717) is 45.3 Å². The van der Waals surface area contributed by atoms with Crippen LogP contribution in [0.3, 0.4) is 0 Å². The fraction of sp³-hybridized carbons (Fsp3) is 0.500. The number of amides is 1. The fourth-order valence-electron chi connectivity index (χ4n) is 4.12. The van der Waals surface area contributed by atoms with Crippen LogP contribution in [0, 0.1) is 5.41 Å². The van der Waals surface area contributed by atoms with Crippen LogP contribution in [0.2, 0.25) is 0 Å². The Labute approximate surface area is 158 Å². The predicted octanol–water partition coefficient (Wildman–Crippen LogP) is 1.84. The smallest absolute Gasteiger partial charge is 0.312 e. The summed E-state index contributed by atoms with van der Waals surface area (Å²) in [6.07, 6.45) is 12.0. The Bertz CT molecular complexity index is 783. The number of rotatable bonds is 5. The summed E-state index contributed by atoms with van der Waals surface area (Å²) in [5, 5.41) is 0. The molecule has 2 aromatic heterocycles. The first-order valence-corrected chi connectivity index (χ1v) is 9.48. The molecule has 0 saturated carbocycles. The molecule has 0 radical (unpaired) electrons. The van der Waals surface area contributed by atoms with Crippen LogP contribution in [0.5, 0.6) is 0 Å². The monoisotopic (exact) mass is 368 g/mol. The van der Waals surface area contributed by atoms with Gasteiger partial charge in [-0.25, -0.2) is 4.98 Å². The second kappa shape index (κ2) is 7.50. The lowest BCUT2D eigenvalue weighted by Crippen LogP contribution is -2.45. The average molecular weight is 368 g/mol. The van der Waals surface area contributed by atoms with Crippen molar-refractivity contribution in [2.45, 2.75) is 44.8 Å². The molecule has 1 amide bonds. The summed E-state index contributed by atoms with van der Waals surface area (Å²) < 4.78 is 7.57. The zero-order valence-electron chi connectivity index (χ0n) is 15.3. The van der Waals surface area contributed by atoms with Crippen molar-refractivity contribution >= 4 is 11.9 Å². The average Bonchev–Trinajstić information content (AvgIpc) is 3.30. The van der Waals surface area contributed by atoms with E-state index in [9.17, 15) is 9.59 Å². The number of hydrogen-bond donors (Lipinski definition) is 0. The van der Waals surface area contributed by atoms with Gasteiger partial charge in [0.1, 0.15) is 6.10 Å². The molecule has 142 valence electrons. The number of likely N-dealkylation sites (tertiary alicyclic amines) is 1. The van der Waals surface area contributed by atoms with Gasteiger partial charge in [-0.1, -0.05) is 6.07 Å². The highest BCUT2D eigenvalue weighted by Gasteiger charge is 2.50. The highest BCUT2D eigenvalue weighted by molar-refractivity contribution is 5.80. The number of aromatic nitrogens is 3. The van der Waals surface area contributed by atoms with E-state index in [4.69, 9.17) is 4.74 Å². The standard InChI is InChI=1S/C20H24N4O3/c25-18(4-3-16-2-1-7-21-13-16)24-9-5-20(6-10-24)12-17(27-19(20)26)14-23-11-8-22-15-23/h1-2,7-8,11,13,15,17H,3-6,9-10,12,14H2. The van der Waals surface area contributed by atoms with Crippen LogP contribution in [0.4, 0.5) is 0 Å². The molecular weight excluding hydrogens is 344 g/mol. The van der Waals surface area contributed by atoms with Crippen LogP contribution < -0.4 is 0 Å². The van der Waals surface area contributed by atoms with Crippen LogP contribution in [-0.2, 0) is 27.3 Å². The van der Waals surface area contributed by atoms with Gasteiger partial charge in [0.2, 0.25) is 5.91 Å². The van der Waals surface area contributed by atoms with Gasteiger partial charge in [0.05, 0.1) is 18.3 Å². The molecule has 2 aromatic rings. The molecule has 4 heterocycles. The lowest BCUT2D eigenvalue weighted by Gasteiger charge is -2.36. The maximum Gasteiger partial charge on any atom is 0.312 e. The lowest BCUT2D eigenvalue weighted by atomic mass is 9.76. The highest BCUT2D eigenvalue weighted by Crippen LogP contribution is 2.43. The summed E-state index contributed by atoms with van der Waals surface area (Å²) in [6.45, 7) is 1.89. The summed E-state index contributed by atoms with van der Waals surface area (Å²) in [7, 11) is 0. The second-order valence-corrected chi connectivity index (χ2v) is 7.51. The van der Waals surface area contributed by atoms with Gasteiger partial charge in [-0.3, -0.25) is 14.6 Å². The van der Waals surface area contributed by atoms with Crippen molar-refractivity contribution < 1.29 is 14.3 Å². The predicted molar refractivity (Wildman–Crippen MR) is 97.5 cm³/mol. The van der Waals surface area contributed by atoms with E-state index in [1.54, 1.807) is 24.9 Å². The van der Waals surface area contributed by atoms with Crippen molar-refractivity contribution in [1.29, 1.82) is 0 Å². The summed E-state index contributed by atoms with van der Waals surface area (Å²) in [4.78, 5) is 35.0. The van der Waals surface area contributed by atoms with Gasteiger partial charge in [-0.2, -0.15) is 0 Å². The maximum absolute atomic E-state index is 12.5. The number of pyridine rings is 1. The topological polar surface area (TPSA) is 77.3 Å². The zero-order valence-corrected chi connectivity index (χ0v) is 15.3. The van der Waals surface area contributed by atoms with Crippen LogP contribution in [0.1, 0.15) is 31.2 Å². The molecular formula is C20H24N4O3. The van der Waals surface area contributed by atoms with Gasteiger partial charge >= 0.3 is 5.97 Å². The first kappa shape index (κ1) is 17.7. The molecule has 4 rings (SSSR count). The minimum absolute atomic E-state index is 0.102. The normalized spacial score (nSPS) is 21.4.